The monoisotopic (exact) mass is 314 g/mol. The van der Waals surface area contributed by atoms with Crippen molar-refractivity contribution >= 4 is 22.9 Å². The van der Waals surface area contributed by atoms with Crippen molar-refractivity contribution in [1.82, 2.24) is 19.9 Å². The number of aromatic amines is 1. The van der Waals surface area contributed by atoms with Crippen LogP contribution in [0.15, 0.2) is 36.9 Å². The van der Waals surface area contributed by atoms with Gasteiger partial charge in [0, 0.05) is 6.54 Å². The molecule has 23 heavy (non-hydrogen) atoms. The Hall–Kier alpha value is -3.03. The molecule has 4 N–H and O–H groups in total. The summed E-state index contributed by atoms with van der Waals surface area (Å²) < 4.78 is 12.9. The highest BCUT2D eigenvalue weighted by Crippen LogP contribution is 2.16. The lowest BCUT2D eigenvalue weighted by molar-refractivity contribution is -0.121. The molecule has 0 aliphatic rings. The molecule has 2 aromatic heterocycles. The van der Waals surface area contributed by atoms with E-state index in [0.717, 1.165) is 5.56 Å². The van der Waals surface area contributed by atoms with E-state index < -0.39 is 11.8 Å². The van der Waals surface area contributed by atoms with Gasteiger partial charge in [-0.3, -0.25) is 4.79 Å². The van der Waals surface area contributed by atoms with Crippen LogP contribution in [0.25, 0.3) is 11.2 Å². The number of halogens is 1. The lowest BCUT2D eigenvalue weighted by Crippen LogP contribution is -2.31. The van der Waals surface area contributed by atoms with E-state index in [9.17, 15) is 9.18 Å². The van der Waals surface area contributed by atoms with Crippen molar-refractivity contribution < 1.29 is 9.18 Å². The fraction of sp³-hybridized carbons (Fsp3) is 0.200. The van der Waals surface area contributed by atoms with Gasteiger partial charge in [0.25, 0.3) is 0 Å². The molecule has 1 atom stereocenters. The molecule has 1 unspecified atom stereocenters. The van der Waals surface area contributed by atoms with Crippen LogP contribution >= 0.6 is 0 Å². The van der Waals surface area contributed by atoms with Gasteiger partial charge in [0.2, 0.25) is 5.91 Å². The molecular weight excluding hydrogens is 299 g/mol. The molecule has 2 heterocycles. The van der Waals surface area contributed by atoms with Crippen molar-refractivity contribution in [1.29, 1.82) is 0 Å². The molecule has 1 aromatic carbocycles. The van der Waals surface area contributed by atoms with Gasteiger partial charge in [-0.2, -0.15) is 0 Å². The smallest absolute Gasteiger partial charge is 0.222 e. The zero-order chi connectivity index (χ0) is 16.2. The summed E-state index contributed by atoms with van der Waals surface area (Å²) >= 11 is 0. The minimum Gasteiger partial charge on any atom is -0.369 e. The molecule has 0 saturated carbocycles. The predicted molar refractivity (Wildman–Crippen MR) is 83.0 cm³/mol. The van der Waals surface area contributed by atoms with Gasteiger partial charge in [-0.05, 0) is 24.1 Å². The highest BCUT2D eigenvalue weighted by Gasteiger charge is 2.17. The lowest BCUT2D eigenvalue weighted by atomic mass is 9.98. The number of aromatic nitrogens is 4. The standard InChI is InChI=1S/C15H15FN6O/c16-11-3-1-9(2-4-11)5-10(13(17)23)6-18-14-12-15(20-7-19-12)22-8-21-14/h1-4,7-8,10H,5-6H2,(H2,17,23)(H2,18,19,20,21,22). The van der Waals surface area contributed by atoms with Crippen LogP contribution < -0.4 is 11.1 Å². The van der Waals surface area contributed by atoms with Gasteiger partial charge in [0.1, 0.15) is 17.7 Å². The Balaban J connectivity index is 1.71. The molecule has 0 bridgehead atoms. The number of hydrogen-bond donors (Lipinski definition) is 3. The third-order valence-electron chi connectivity index (χ3n) is 3.54. The number of benzene rings is 1. The number of carbonyl (C=O) groups is 1. The Kier molecular flexibility index (Phi) is 4.13. The van der Waals surface area contributed by atoms with Crippen molar-refractivity contribution in [3.05, 3.63) is 48.3 Å². The molecular formula is C15H15FN6O. The van der Waals surface area contributed by atoms with E-state index in [-0.39, 0.29) is 5.82 Å². The minimum atomic E-state index is -0.451. The van der Waals surface area contributed by atoms with E-state index in [0.29, 0.717) is 29.9 Å². The number of nitrogens with zero attached hydrogens (tertiary/aromatic N) is 3. The maximum absolute atomic E-state index is 12.9. The van der Waals surface area contributed by atoms with Crippen molar-refractivity contribution in [3.8, 4) is 0 Å². The average molecular weight is 314 g/mol. The van der Waals surface area contributed by atoms with E-state index in [2.05, 4.69) is 25.3 Å². The second-order valence-corrected chi connectivity index (χ2v) is 5.13. The van der Waals surface area contributed by atoms with Crippen molar-refractivity contribution in [2.45, 2.75) is 6.42 Å². The second kappa shape index (κ2) is 6.39. The van der Waals surface area contributed by atoms with Crippen LogP contribution in [-0.2, 0) is 11.2 Å². The first-order chi connectivity index (χ1) is 11.1. The Morgan fingerprint density at radius 3 is 2.78 bits per heavy atom. The van der Waals surface area contributed by atoms with Crippen molar-refractivity contribution in [2.75, 3.05) is 11.9 Å². The fourth-order valence-corrected chi connectivity index (χ4v) is 2.30. The Morgan fingerprint density at radius 1 is 1.26 bits per heavy atom. The number of nitrogens with one attached hydrogen (secondary N) is 2. The number of anilines is 1. The summed E-state index contributed by atoms with van der Waals surface area (Å²) in [5, 5.41) is 3.09. The highest BCUT2D eigenvalue weighted by atomic mass is 19.1. The molecule has 0 aliphatic carbocycles. The molecule has 0 spiro atoms. The predicted octanol–water partition coefficient (Wildman–Crippen LogP) is 1.25. The molecule has 118 valence electrons. The first-order valence-corrected chi connectivity index (χ1v) is 7.05. The quantitative estimate of drug-likeness (QED) is 0.634. The molecule has 3 rings (SSSR count). The van der Waals surface area contributed by atoms with Gasteiger partial charge in [0.05, 0.1) is 12.2 Å². The van der Waals surface area contributed by atoms with Gasteiger partial charge in [0.15, 0.2) is 11.5 Å². The summed E-state index contributed by atoms with van der Waals surface area (Å²) in [5.41, 5.74) is 7.51. The molecule has 0 fully saturated rings. The number of primary amides is 1. The van der Waals surface area contributed by atoms with Crippen LogP contribution in [0.2, 0.25) is 0 Å². The number of H-pyrrole nitrogens is 1. The van der Waals surface area contributed by atoms with Crippen LogP contribution in [0.3, 0.4) is 0 Å². The Bertz CT molecular complexity index is 816. The molecule has 3 aromatic rings. The Morgan fingerprint density at radius 2 is 2.04 bits per heavy atom. The van der Waals surface area contributed by atoms with Crippen molar-refractivity contribution in [3.63, 3.8) is 0 Å². The summed E-state index contributed by atoms with van der Waals surface area (Å²) in [6.45, 7) is 0.303. The van der Waals surface area contributed by atoms with E-state index in [4.69, 9.17) is 5.73 Å². The normalized spacial score (nSPS) is 12.2. The van der Waals surface area contributed by atoms with Crippen LogP contribution in [0, 0.1) is 11.7 Å². The van der Waals surface area contributed by atoms with E-state index >= 15 is 0 Å². The number of nitrogens with two attached hydrogens (primary N) is 1. The van der Waals surface area contributed by atoms with Crippen LogP contribution in [0.4, 0.5) is 10.2 Å². The van der Waals surface area contributed by atoms with Crippen LogP contribution in [0.1, 0.15) is 5.56 Å². The maximum atomic E-state index is 12.9. The summed E-state index contributed by atoms with van der Waals surface area (Å²) in [4.78, 5) is 26.8. The first kappa shape index (κ1) is 14.9. The minimum absolute atomic E-state index is 0.303. The fourth-order valence-electron chi connectivity index (χ4n) is 2.30. The third kappa shape index (κ3) is 3.42. The second-order valence-electron chi connectivity index (χ2n) is 5.13. The Labute approximate surface area is 131 Å². The third-order valence-corrected chi connectivity index (χ3v) is 3.54. The first-order valence-electron chi connectivity index (χ1n) is 7.05. The number of carbonyl (C=O) groups excluding carboxylic acids is 1. The summed E-state index contributed by atoms with van der Waals surface area (Å²) in [6.07, 6.45) is 3.33. The van der Waals surface area contributed by atoms with Crippen LogP contribution in [-0.4, -0.2) is 32.4 Å². The van der Waals surface area contributed by atoms with Gasteiger partial charge >= 0.3 is 0 Å². The molecule has 0 aliphatic heterocycles. The molecule has 0 saturated heterocycles. The largest absolute Gasteiger partial charge is 0.369 e. The molecule has 0 radical (unpaired) electrons. The zero-order valence-corrected chi connectivity index (χ0v) is 12.2. The SMILES string of the molecule is NC(=O)C(CNc1ncnc2nc[nH]c12)Cc1ccc(F)cc1. The van der Waals surface area contributed by atoms with E-state index in [1.165, 1.54) is 24.8 Å². The zero-order valence-electron chi connectivity index (χ0n) is 12.2. The maximum Gasteiger partial charge on any atom is 0.222 e. The summed E-state index contributed by atoms with van der Waals surface area (Å²) in [6, 6.07) is 6.00. The molecule has 8 heteroatoms. The number of rotatable bonds is 6. The number of amides is 1. The number of fused-ring (bicyclic) bond motifs is 1. The average Bonchev–Trinajstić information content (AvgIpc) is 3.02. The van der Waals surface area contributed by atoms with Gasteiger partial charge in [-0.1, -0.05) is 12.1 Å². The van der Waals surface area contributed by atoms with E-state index in [1.807, 2.05) is 0 Å². The van der Waals surface area contributed by atoms with Crippen LogP contribution in [0.5, 0.6) is 0 Å². The number of hydrogen-bond acceptors (Lipinski definition) is 5. The van der Waals surface area contributed by atoms with Gasteiger partial charge < -0.3 is 16.0 Å². The summed E-state index contributed by atoms with van der Waals surface area (Å²) in [7, 11) is 0. The van der Waals surface area contributed by atoms with Crippen molar-refractivity contribution in [2.24, 2.45) is 11.7 Å². The van der Waals surface area contributed by atoms with E-state index in [1.54, 1.807) is 12.1 Å². The molecule has 7 nitrogen and oxygen atoms in total. The molecule has 1 amide bonds. The number of imidazole rings is 1. The topological polar surface area (TPSA) is 110 Å². The van der Waals surface area contributed by atoms with Gasteiger partial charge in [-0.25, -0.2) is 19.3 Å². The lowest BCUT2D eigenvalue weighted by Gasteiger charge is -2.15. The highest BCUT2D eigenvalue weighted by molar-refractivity contribution is 5.82. The van der Waals surface area contributed by atoms with Gasteiger partial charge in [-0.15, -0.1) is 0 Å². The summed E-state index contributed by atoms with van der Waals surface area (Å²) in [5.74, 6) is -0.645.